The van der Waals surface area contributed by atoms with Crippen LogP contribution in [0.4, 0.5) is 0 Å². The van der Waals surface area contributed by atoms with Crippen molar-refractivity contribution in [3.63, 3.8) is 0 Å². The Labute approximate surface area is 71.9 Å². The number of pyridine rings is 1. The van der Waals surface area contributed by atoms with Gasteiger partial charge in [-0.15, -0.1) is 0 Å². The van der Waals surface area contributed by atoms with Crippen LogP contribution in [0.25, 0.3) is 0 Å². The van der Waals surface area contributed by atoms with Gasteiger partial charge < -0.3 is 5.11 Å². The Kier molecular flexibility index (Phi) is 3.30. The van der Waals surface area contributed by atoms with E-state index >= 15 is 0 Å². The molecule has 0 saturated carbocycles. The van der Waals surface area contributed by atoms with E-state index in [4.69, 9.17) is 4.55 Å². The minimum absolute atomic E-state index is 0.493. The van der Waals surface area contributed by atoms with Crippen LogP contribution in [-0.2, 0) is 11.3 Å². The fourth-order valence-corrected chi connectivity index (χ4v) is 1.04. The molecule has 2 unspecified atom stereocenters. The van der Waals surface area contributed by atoms with Gasteiger partial charge in [-0.25, -0.2) is 4.21 Å². The lowest BCUT2D eigenvalue weighted by Crippen LogP contribution is -2.22. The molecule has 0 spiro atoms. The fourth-order valence-electron chi connectivity index (χ4n) is 0.709. The first-order valence-corrected chi connectivity index (χ1v) is 4.26. The summed E-state index contributed by atoms with van der Waals surface area (Å²) in [4.78, 5) is 3.73. The number of nitrogens with one attached hydrogen (secondary N) is 1. The van der Waals surface area contributed by atoms with E-state index in [0.29, 0.717) is 5.56 Å². The Morgan fingerprint density at radius 3 is 2.58 bits per heavy atom. The molecule has 12 heavy (non-hydrogen) atoms. The van der Waals surface area contributed by atoms with Crippen molar-refractivity contribution in [2.24, 2.45) is 0 Å². The lowest BCUT2D eigenvalue weighted by Gasteiger charge is -2.08. The molecule has 2 atom stereocenters. The summed E-state index contributed by atoms with van der Waals surface area (Å²) in [7, 11) is 0. The molecule has 66 valence electrons. The Hall–Kier alpha value is -0.820. The number of hydrogen-bond acceptors (Lipinski definition) is 3. The van der Waals surface area contributed by atoms with Crippen molar-refractivity contribution in [3.05, 3.63) is 30.1 Å². The van der Waals surface area contributed by atoms with Gasteiger partial charge in [0.25, 0.3) is 0 Å². The van der Waals surface area contributed by atoms with Gasteiger partial charge in [0, 0.05) is 12.4 Å². The smallest absolute Gasteiger partial charge is 0.234 e. The molecule has 0 fully saturated rings. The first-order valence-electron chi connectivity index (χ1n) is 3.15. The monoisotopic (exact) mass is 188 g/mol. The molecule has 1 aromatic rings. The minimum atomic E-state index is -2.22. The maximum absolute atomic E-state index is 10.2. The highest BCUT2D eigenvalue weighted by atomic mass is 32.2. The zero-order valence-electron chi connectivity index (χ0n) is 6.04. The lowest BCUT2D eigenvalue weighted by molar-refractivity contribution is 0.165. The van der Waals surface area contributed by atoms with Crippen LogP contribution in [0.1, 0.15) is 11.8 Å². The second-order valence-corrected chi connectivity index (χ2v) is 2.78. The molecule has 6 heteroatoms. The molecule has 0 aliphatic heterocycles. The topological polar surface area (TPSA) is 82.5 Å². The van der Waals surface area contributed by atoms with Gasteiger partial charge in [-0.2, -0.15) is 4.72 Å². The molecule has 0 aliphatic carbocycles. The molecule has 5 nitrogen and oxygen atoms in total. The summed E-state index contributed by atoms with van der Waals surface area (Å²) in [6, 6.07) is 3.09. The van der Waals surface area contributed by atoms with E-state index in [-0.39, 0.29) is 0 Å². The first-order chi connectivity index (χ1) is 5.70. The summed E-state index contributed by atoms with van der Waals surface area (Å²) in [6.45, 7) is 0. The molecule has 0 aromatic carbocycles. The van der Waals surface area contributed by atoms with Crippen LogP contribution in [0.5, 0.6) is 0 Å². The van der Waals surface area contributed by atoms with Crippen molar-refractivity contribution < 1.29 is 13.9 Å². The summed E-state index contributed by atoms with van der Waals surface area (Å²) in [5, 5.41) is 9.20. The summed E-state index contributed by atoms with van der Waals surface area (Å²) in [5.74, 6) is 0. The Bertz CT molecular complexity index is 267. The third-order valence-electron chi connectivity index (χ3n) is 1.23. The Morgan fingerprint density at radius 1 is 1.50 bits per heavy atom. The van der Waals surface area contributed by atoms with Gasteiger partial charge >= 0.3 is 0 Å². The van der Waals surface area contributed by atoms with Crippen LogP contribution in [0.15, 0.2) is 24.5 Å². The summed E-state index contributed by atoms with van der Waals surface area (Å²) >= 11 is -2.22. The predicted molar refractivity (Wildman–Crippen MR) is 43.1 cm³/mol. The zero-order valence-corrected chi connectivity index (χ0v) is 6.86. The van der Waals surface area contributed by atoms with Crippen molar-refractivity contribution in [2.75, 3.05) is 0 Å². The molecule has 0 radical (unpaired) electrons. The Balaban J connectivity index is 2.65. The van der Waals surface area contributed by atoms with Gasteiger partial charge in [0.15, 0.2) is 0 Å². The third kappa shape index (κ3) is 2.67. The quantitative estimate of drug-likeness (QED) is 0.453. The number of nitrogens with zero attached hydrogens (tertiary/aromatic N) is 1. The van der Waals surface area contributed by atoms with Crippen LogP contribution in [0, 0.1) is 0 Å². The van der Waals surface area contributed by atoms with E-state index in [1.54, 1.807) is 12.1 Å². The SMILES string of the molecule is O=S(O)NC(O)c1ccncc1. The second-order valence-electron chi connectivity index (χ2n) is 2.05. The highest BCUT2D eigenvalue weighted by Crippen LogP contribution is 2.06. The van der Waals surface area contributed by atoms with Gasteiger partial charge in [0.1, 0.15) is 6.23 Å². The average molecular weight is 188 g/mol. The van der Waals surface area contributed by atoms with E-state index in [2.05, 4.69) is 4.98 Å². The normalized spacial score (nSPS) is 15.5. The summed E-state index contributed by atoms with van der Waals surface area (Å²) in [6.07, 6.45) is 1.83. The van der Waals surface area contributed by atoms with Crippen molar-refractivity contribution in [1.29, 1.82) is 0 Å². The van der Waals surface area contributed by atoms with Gasteiger partial charge in [-0.3, -0.25) is 9.54 Å². The van der Waals surface area contributed by atoms with Crippen molar-refractivity contribution in [2.45, 2.75) is 6.23 Å². The minimum Gasteiger partial charge on any atom is -0.373 e. The van der Waals surface area contributed by atoms with E-state index in [1.165, 1.54) is 12.4 Å². The largest absolute Gasteiger partial charge is 0.373 e. The van der Waals surface area contributed by atoms with Crippen LogP contribution < -0.4 is 4.72 Å². The molecule has 0 aliphatic rings. The van der Waals surface area contributed by atoms with Crippen LogP contribution in [0.2, 0.25) is 0 Å². The van der Waals surface area contributed by atoms with E-state index < -0.39 is 17.5 Å². The molecular formula is C6H8N2O3S. The van der Waals surface area contributed by atoms with Crippen LogP contribution in [-0.4, -0.2) is 18.9 Å². The molecule has 0 bridgehead atoms. The van der Waals surface area contributed by atoms with Crippen molar-refractivity contribution in [1.82, 2.24) is 9.71 Å². The average Bonchev–Trinajstić information content (AvgIpc) is 2.05. The van der Waals surface area contributed by atoms with Gasteiger partial charge in [-0.05, 0) is 17.7 Å². The highest BCUT2D eigenvalue weighted by Gasteiger charge is 2.07. The number of aliphatic hydroxyl groups is 1. The highest BCUT2D eigenvalue weighted by molar-refractivity contribution is 7.77. The molecule has 3 N–H and O–H groups in total. The maximum Gasteiger partial charge on any atom is 0.234 e. The van der Waals surface area contributed by atoms with Crippen molar-refractivity contribution >= 4 is 11.3 Å². The van der Waals surface area contributed by atoms with E-state index in [0.717, 1.165) is 0 Å². The molecule has 0 amide bonds. The van der Waals surface area contributed by atoms with Gasteiger partial charge in [-0.1, -0.05) is 0 Å². The number of rotatable bonds is 3. The number of aliphatic hydroxyl groups excluding tert-OH is 1. The number of aromatic nitrogens is 1. The van der Waals surface area contributed by atoms with Crippen LogP contribution in [0.3, 0.4) is 0 Å². The fraction of sp³-hybridized carbons (Fsp3) is 0.167. The Morgan fingerprint density at radius 2 is 2.08 bits per heavy atom. The van der Waals surface area contributed by atoms with Crippen LogP contribution >= 0.6 is 0 Å². The van der Waals surface area contributed by atoms with Crippen molar-refractivity contribution in [3.8, 4) is 0 Å². The van der Waals surface area contributed by atoms with Gasteiger partial charge in [0.2, 0.25) is 11.3 Å². The van der Waals surface area contributed by atoms with E-state index in [1.807, 2.05) is 4.72 Å². The molecule has 0 saturated heterocycles. The molecule has 1 heterocycles. The molecular weight excluding hydrogens is 180 g/mol. The van der Waals surface area contributed by atoms with Gasteiger partial charge in [0.05, 0.1) is 0 Å². The second kappa shape index (κ2) is 4.27. The predicted octanol–water partition coefficient (Wildman–Crippen LogP) is -0.201. The summed E-state index contributed by atoms with van der Waals surface area (Å²) < 4.78 is 20.6. The first kappa shape index (κ1) is 9.27. The third-order valence-corrected chi connectivity index (χ3v) is 1.66. The summed E-state index contributed by atoms with van der Waals surface area (Å²) in [5.41, 5.74) is 0.493. The standard InChI is InChI=1S/C6H8N2O3S/c9-6(8-12(10)11)5-1-3-7-4-2-5/h1-4,6,8-9H,(H,10,11). The molecule has 1 aromatic heterocycles. The lowest BCUT2D eigenvalue weighted by atomic mass is 10.2. The number of hydrogen-bond donors (Lipinski definition) is 3. The maximum atomic E-state index is 10.2. The molecule has 1 rings (SSSR count). The zero-order chi connectivity index (χ0) is 8.97. The van der Waals surface area contributed by atoms with E-state index in [9.17, 15) is 9.32 Å².